The van der Waals surface area contributed by atoms with Crippen LogP contribution >= 0.6 is 11.6 Å². The average molecular weight is 268 g/mol. The summed E-state index contributed by atoms with van der Waals surface area (Å²) in [7, 11) is 0. The largest absolute Gasteiger partial charge is 0.197 e. The highest BCUT2D eigenvalue weighted by Gasteiger charge is 2.47. The van der Waals surface area contributed by atoms with Gasteiger partial charge in [-0.3, -0.25) is 0 Å². The molecule has 0 aromatic heterocycles. The van der Waals surface area contributed by atoms with Gasteiger partial charge in [0.25, 0.3) is 0 Å². The van der Waals surface area contributed by atoms with Crippen molar-refractivity contribution in [2.75, 3.05) is 0 Å². The lowest BCUT2D eigenvalue weighted by molar-refractivity contribution is 0.270. The van der Waals surface area contributed by atoms with Crippen LogP contribution in [0.1, 0.15) is 29.9 Å². The van der Waals surface area contributed by atoms with Crippen molar-refractivity contribution < 1.29 is 0 Å². The molecule has 0 saturated heterocycles. The molecule has 0 atom stereocenters. The van der Waals surface area contributed by atoms with E-state index in [9.17, 15) is 5.26 Å². The summed E-state index contributed by atoms with van der Waals surface area (Å²) in [5.41, 5.74) is 1.89. The molecule has 0 N–H and O–H groups in total. The van der Waals surface area contributed by atoms with Crippen LogP contribution in [-0.4, -0.2) is 0 Å². The first-order valence-corrected chi connectivity index (χ1v) is 6.84. The van der Waals surface area contributed by atoms with Crippen LogP contribution in [0.15, 0.2) is 54.6 Å². The summed E-state index contributed by atoms with van der Waals surface area (Å²) >= 11 is 6.24. The lowest BCUT2D eigenvalue weighted by Gasteiger charge is -2.43. The Morgan fingerprint density at radius 2 is 1.63 bits per heavy atom. The second-order valence-corrected chi connectivity index (χ2v) is 5.60. The molecule has 0 radical (unpaired) electrons. The topological polar surface area (TPSA) is 23.8 Å². The van der Waals surface area contributed by atoms with Crippen molar-refractivity contribution in [1.29, 1.82) is 5.26 Å². The van der Waals surface area contributed by atoms with Gasteiger partial charge >= 0.3 is 0 Å². The SMILES string of the molecule is N#CC1(c2ccccc2Cl)CC(c2ccccc2)C1. The zero-order valence-corrected chi connectivity index (χ0v) is 11.3. The van der Waals surface area contributed by atoms with Crippen molar-refractivity contribution in [2.24, 2.45) is 0 Å². The Labute approximate surface area is 118 Å². The van der Waals surface area contributed by atoms with Crippen molar-refractivity contribution in [1.82, 2.24) is 0 Å². The summed E-state index contributed by atoms with van der Waals surface area (Å²) < 4.78 is 0. The smallest absolute Gasteiger partial charge is 0.0848 e. The highest BCUT2D eigenvalue weighted by atomic mass is 35.5. The van der Waals surface area contributed by atoms with Gasteiger partial charge in [-0.1, -0.05) is 60.1 Å². The molecular formula is C17H14ClN. The van der Waals surface area contributed by atoms with Crippen molar-refractivity contribution in [3.8, 4) is 6.07 Å². The Hall–Kier alpha value is -1.78. The zero-order chi connectivity index (χ0) is 13.3. The molecule has 1 fully saturated rings. The van der Waals surface area contributed by atoms with Gasteiger partial charge in [0.15, 0.2) is 0 Å². The summed E-state index contributed by atoms with van der Waals surface area (Å²) in [6.07, 6.45) is 1.72. The molecule has 2 aromatic rings. The molecule has 1 nitrogen and oxygen atoms in total. The normalized spacial score (nSPS) is 25.4. The molecule has 2 heteroatoms. The van der Waals surface area contributed by atoms with E-state index >= 15 is 0 Å². The predicted octanol–water partition coefficient (Wildman–Crippen LogP) is 4.68. The molecule has 0 spiro atoms. The van der Waals surface area contributed by atoms with E-state index in [0.29, 0.717) is 10.9 Å². The minimum atomic E-state index is -0.404. The summed E-state index contributed by atoms with van der Waals surface area (Å²) in [6.45, 7) is 0. The fraction of sp³-hybridized carbons (Fsp3) is 0.235. The molecule has 1 saturated carbocycles. The molecule has 0 aliphatic heterocycles. The molecule has 2 aromatic carbocycles. The molecule has 3 rings (SSSR count). The first kappa shape index (κ1) is 12.3. The summed E-state index contributed by atoms with van der Waals surface area (Å²) in [5, 5.41) is 10.3. The molecule has 0 amide bonds. The van der Waals surface area contributed by atoms with Crippen LogP contribution in [0.5, 0.6) is 0 Å². The van der Waals surface area contributed by atoms with Gasteiger partial charge in [-0.2, -0.15) is 5.26 Å². The van der Waals surface area contributed by atoms with E-state index < -0.39 is 5.41 Å². The van der Waals surface area contributed by atoms with E-state index in [1.165, 1.54) is 5.56 Å². The number of hydrogen-bond acceptors (Lipinski definition) is 1. The Morgan fingerprint density at radius 1 is 1.00 bits per heavy atom. The maximum absolute atomic E-state index is 9.57. The lowest BCUT2D eigenvalue weighted by atomic mass is 9.58. The number of halogens is 1. The van der Waals surface area contributed by atoms with Gasteiger partial charge < -0.3 is 0 Å². The zero-order valence-electron chi connectivity index (χ0n) is 10.5. The van der Waals surface area contributed by atoms with Crippen molar-refractivity contribution in [2.45, 2.75) is 24.2 Å². The highest BCUT2D eigenvalue weighted by Crippen LogP contribution is 2.53. The molecule has 0 heterocycles. The first-order chi connectivity index (χ1) is 9.25. The second-order valence-electron chi connectivity index (χ2n) is 5.19. The monoisotopic (exact) mass is 267 g/mol. The van der Waals surface area contributed by atoms with E-state index in [1.54, 1.807) is 0 Å². The minimum Gasteiger partial charge on any atom is -0.197 e. The number of benzene rings is 2. The second kappa shape index (κ2) is 4.72. The molecule has 19 heavy (non-hydrogen) atoms. The van der Waals surface area contributed by atoms with Crippen LogP contribution in [0, 0.1) is 11.3 Å². The fourth-order valence-electron chi connectivity index (χ4n) is 2.96. The van der Waals surface area contributed by atoms with Crippen LogP contribution in [0.4, 0.5) is 0 Å². The lowest BCUT2D eigenvalue weighted by Crippen LogP contribution is -2.38. The summed E-state index contributed by atoms with van der Waals surface area (Å²) in [5.74, 6) is 0.470. The van der Waals surface area contributed by atoms with Crippen LogP contribution in [0.25, 0.3) is 0 Å². The number of nitrogens with zero attached hydrogens (tertiary/aromatic N) is 1. The third-order valence-electron chi connectivity index (χ3n) is 4.06. The molecule has 1 aliphatic rings. The van der Waals surface area contributed by atoms with E-state index in [1.807, 2.05) is 30.3 Å². The van der Waals surface area contributed by atoms with Crippen LogP contribution < -0.4 is 0 Å². The number of hydrogen-bond donors (Lipinski definition) is 0. The number of nitriles is 1. The van der Waals surface area contributed by atoms with Gasteiger partial charge in [0.2, 0.25) is 0 Å². The molecular weight excluding hydrogens is 254 g/mol. The maximum Gasteiger partial charge on any atom is 0.0848 e. The summed E-state index contributed by atoms with van der Waals surface area (Å²) in [4.78, 5) is 0. The Bertz CT molecular complexity index is 621. The van der Waals surface area contributed by atoms with E-state index in [4.69, 9.17) is 11.6 Å². The maximum atomic E-state index is 9.57. The number of rotatable bonds is 2. The van der Waals surface area contributed by atoms with Gasteiger partial charge in [-0.15, -0.1) is 0 Å². The van der Waals surface area contributed by atoms with Crippen LogP contribution in [-0.2, 0) is 5.41 Å². The first-order valence-electron chi connectivity index (χ1n) is 6.46. The fourth-order valence-corrected chi connectivity index (χ4v) is 3.28. The molecule has 0 unspecified atom stereocenters. The van der Waals surface area contributed by atoms with Gasteiger partial charge in [0.1, 0.15) is 0 Å². The van der Waals surface area contributed by atoms with Crippen LogP contribution in [0.2, 0.25) is 5.02 Å². The molecule has 94 valence electrons. The summed E-state index contributed by atoms with van der Waals surface area (Å²) in [6, 6.07) is 20.6. The van der Waals surface area contributed by atoms with E-state index in [2.05, 4.69) is 30.3 Å². The standard InChI is InChI=1S/C17H14ClN/c18-16-9-5-4-8-15(16)17(12-19)10-14(11-17)13-6-2-1-3-7-13/h1-9,14H,10-11H2. The van der Waals surface area contributed by atoms with Gasteiger partial charge in [0.05, 0.1) is 11.5 Å². The van der Waals surface area contributed by atoms with Gasteiger partial charge in [-0.05, 0) is 36.0 Å². The van der Waals surface area contributed by atoms with E-state index in [0.717, 1.165) is 18.4 Å². The van der Waals surface area contributed by atoms with E-state index in [-0.39, 0.29) is 0 Å². The average Bonchev–Trinajstić information content (AvgIpc) is 2.41. The van der Waals surface area contributed by atoms with Gasteiger partial charge in [-0.25, -0.2) is 0 Å². The van der Waals surface area contributed by atoms with Crippen molar-refractivity contribution in [3.05, 3.63) is 70.7 Å². The Morgan fingerprint density at radius 3 is 2.26 bits per heavy atom. The molecule has 1 aliphatic carbocycles. The quantitative estimate of drug-likeness (QED) is 0.775. The molecule has 0 bridgehead atoms. The highest BCUT2D eigenvalue weighted by molar-refractivity contribution is 6.31. The third kappa shape index (κ3) is 2.03. The Kier molecular flexibility index (Phi) is 3.05. The Balaban J connectivity index is 1.87. The van der Waals surface area contributed by atoms with Crippen LogP contribution in [0.3, 0.4) is 0 Å². The minimum absolute atomic E-state index is 0.404. The van der Waals surface area contributed by atoms with Crippen molar-refractivity contribution >= 4 is 11.6 Å². The van der Waals surface area contributed by atoms with Gasteiger partial charge in [0, 0.05) is 5.02 Å². The van der Waals surface area contributed by atoms with Crippen molar-refractivity contribution in [3.63, 3.8) is 0 Å². The predicted molar refractivity (Wildman–Crippen MR) is 77.2 cm³/mol. The third-order valence-corrected chi connectivity index (χ3v) is 4.39.